The molecule has 2 rings (SSSR count). The van der Waals surface area contributed by atoms with E-state index in [0.717, 1.165) is 16.3 Å². The summed E-state index contributed by atoms with van der Waals surface area (Å²) < 4.78 is 5.22. The zero-order chi connectivity index (χ0) is 12.8. The van der Waals surface area contributed by atoms with E-state index < -0.39 is 0 Å². The lowest BCUT2D eigenvalue weighted by atomic mass is 10.1. The third-order valence-electron chi connectivity index (χ3n) is 2.61. The van der Waals surface area contributed by atoms with Crippen molar-refractivity contribution in [1.82, 2.24) is 4.98 Å². The summed E-state index contributed by atoms with van der Waals surface area (Å²) in [4.78, 5) is 4.61. The molecule has 0 bridgehead atoms. The number of benzene rings is 1. The molecule has 0 aliphatic carbocycles. The van der Waals surface area contributed by atoms with Crippen LogP contribution in [0, 0.1) is 6.92 Å². The molecule has 0 saturated heterocycles. The van der Waals surface area contributed by atoms with E-state index in [9.17, 15) is 0 Å². The van der Waals surface area contributed by atoms with Crippen molar-refractivity contribution in [2.45, 2.75) is 11.9 Å². The first-order valence-electron chi connectivity index (χ1n) is 5.99. The summed E-state index contributed by atoms with van der Waals surface area (Å²) in [6.07, 6.45) is 0. The standard InChI is InChI=1S/C14H17NO2S/c1-11-10-14(18-9-8-17-7-6-16)15-13-5-3-2-4-12(11)13/h2-5,10,16H,6-9H2,1H3. The summed E-state index contributed by atoms with van der Waals surface area (Å²) >= 11 is 1.68. The summed E-state index contributed by atoms with van der Waals surface area (Å²) in [6.45, 7) is 3.23. The monoisotopic (exact) mass is 263 g/mol. The van der Waals surface area contributed by atoms with Crippen molar-refractivity contribution in [3.63, 3.8) is 0 Å². The molecule has 0 fully saturated rings. The smallest absolute Gasteiger partial charge is 0.0971 e. The van der Waals surface area contributed by atoms with E-state index in [4.69, 9.17) is 9.84 Å². The number of hydrogen-bond donors (Lipinski definition) is 1. The fourth-order valence-electron chi connectivity index (χ4n) is 1.76. The minimum Gasteiger partial charge on any atom is -0.394 e. The average Bonchev–Trinajstić information content (AvgIpc) is 2.39. The second-order valence-electron chi connectivity index (χ2n) is 3.98. The van der Waals surface area contributed by atoms with Crippen molar-refractivity contribution in [3.8, 4) is 0 Å². The van der Waals surface area contributed by atoms with Crippen molar-refractivity contribution in [1.29, 1.82) is 0 Å². The van der Waals surface area contributed by atoms with Gasteiger partial charge in [-0.3, -0.25) is 0 Å². The topological polar surface area (TPSA) is 42.4 Å². The quantitative estimate of drug-likeness (QED) is 0.642. The second-order valence-corrected chi connectivity index (χ2v) is 5.09. The fraction of sp³-hybridized carbons (Fsp3) is 0.357. The van der Waals surface area contributed by atoms with Gasteiger partial charge >= 0.3 is 0 Å². The number of hydrogen-bond acceptors (Lipinski definition) is 4. The Morgan fingerprint density at radius 3 is 2.94 bits per heavy atom. The minimum absolute atomic E-state index is 0.0813. The molecular weight excluding hydrogens is 246 g/mol. The van der Waals surface area contributed by atoms with Crippen LogP contribution in [-0.4, -0.2) is 35.7 Å². The number of ether oxygens (including phenoxy) is 1. The maximum Gasteiger partial charge on any atom is 0.0971 e. The predicted molar refractivity (Wildman–Crippen MR) is 75.1 cm³/mol. The Bertz CT molecular complexity index is 516. The molecule has 0 spiro atoms. The molecule has 3 nitrogen and oxygen atoms in total. The van der Waals surface area contributed by atoms with Gasteiger partial charge in [0.2, 0.25) is 0 Å². The number of aliphatic hydroxyl groups is 1. The highest BCUT2D eigenvalue weighted by Gasteiger charge is 2.02. The van der Waals surface area contributed by atoms with E-state index >= 15 is 0 Å². The van der Waals surface area contributed by atoms with Crippen LogP contribution >= 0.6 is 11.8 Å². The number of nitrogens with zero attached hydrogens (tertiary/aromatic N) is 1. The molecule has 2 aromatic rings. The van der Waals surface area contributed by atoms with Crippen LogP contribution in [0.5, 0.6) is 0 Å². The molecule has 4 heteroatoms. The fourth-order valence-corrected chi connectivity index (χ4v) is 2.60. The molecule has 0 aliphatic heterocycles. The summed E-state index contributed by atoms with van der Waals surface area (Å²) in [5.41, 5.74) is 2.29. The third-order valence-corrected chi connectivity index (χ3v) is 3.49. The lowest BCUT2D eigenvalue weighted by molar-refractivity contribution is 0.103. The molecule has 96 valence electrons. The number of aryl methyl sites for hydroxylation is 1. The number of aromatic nitrogens is 1. The first-order chi connectivity index (χ1) is 8.81. The highest BCUT2D eigenvalue weighted by molar-refractivity contribution is 7.99. The number of para-hydroxylation sites is 1. The van der Waals surface area contributed by atoms with Gasteiger partial charge in [0.15, 0.2) is 0 Å². The van der Waals surface area contributed by atoms with E-state index in [1.54, 1.807) is 11.8 Å². The van der Waals surface area contributed by atoms with Crippen molar-refractivity contribution in [2.24, 2.45) is 0 Å². The van der Waals surface area contributed by atoms with Crippen molar-refractivity contribution >= 4 is 22.7 Å². The van der Waals surface area contributed by atoms with E-state index in [0.29, 0.717) is 13.2 Å². The highest BCUT2D eigenvalue weighted by atomic mass is 32.2. The van der Waals surface area contributed by atoms with Crippen LogP contribution in [0.4, 0.5) is 0 Å². The number of rotatable bonds is 6. The SMILES string of the molecule is Cc1cc(SCCOCCO)nc2ccccc12. The van der Waals surface area contributed by atoms with Crippen LogP contribution < -0.4 is 0 Å². The molecule has 0 aliphatic rings. The van der Waals surface area contributed by atoms with Crippen molar-refractivity contribution < 1.29 is 9.84 Å². The average molecular weight is 263 g/mol. The maximum atomic E-state index is 8.59. The zero-order valence-electron chi connectivity index (χ0n) is 10.4. The van der Waals surface area contributed by atoms with Gasteiger partial charge in [-0.1, -0.05) is 18.2 Å². The van der Waals surface area contributed by atoms with Gasteiger partial charge in [0.05, 0.1) is 30.4 Å². The molecule has 1 aromatic heterocycles. The molecule has 0 unspecified atom stereocenters. The van der Waals surface area contributed by atoms with Gasteiger partial charge < -0.3 is 9.84 Å². The minimum atomic E-state index is 0.0813. The molecule has 1 N–H and O–H groups in total. The number of aliphatic hydroxyl groups excluding tert-OH is 1. The molecule has 18 heavy (non-hydrogen) atoms. The van der Waals surface area contributed by atoms with Crippen LogP contribution in [0.2, 0.25) is 0 Å². The Morgan fingerprint density at radius 2 is 2.11 bits per heavy atom. The van der Waals surface area contributed by atoms with Crippen LogP contribution in [-0.2, 0) is 4.74 Å². The van der Waals surface area contributed by atoms with Gasteiger partial charge in [0.25, 0.3) is 0 Å². The molecular formula is C14H17NO2S. The van der Waals surface area contributed by atoms with Crippen LogP contribution in [0.15, 0.2) is 35.4 Å². The number of thioether (sulfide) groups is 1. The lowest BCUT2D eigenvalue weighted by Crippen LogP contribution is -2.02. The van der Waals surface area contributed by atoms with Gasteiger partial charge in [-0.15, -0.1) is 11.8 Å². The lowest BCUT2D eigenvalue weighted by Gasteiger charge is -2.06. The van der Waals surface area contributed by atoms with Gasteiger partial charge in [0.1, 0.15) is 0 Å². The molecule has 0 atom stereocenters. The Hall–Kier alpha value is -1.10. The molecule has 0 amide bonds. The molecule has 0 saturated carbocycles. The van der Waals surface area contributed by atoms with Crippen molar-refractivity contribution in [2.75, 3.05) is 25.6 Å². The predicted octanol–water partition coefficient (Wildman–Crippen LogP) is 2.64. The van der Waals surface area contributed by atoms with Gasteiger partial charge in [-0.2, -0.15) is 0 Å². The van der Waals surface area contributed by atoms with Gasteiger partial charge in [0, 0.05) is 11.1 Å². The van der Waals surface area contributed by atoms with Gasteiger partial charge in [-0.05, 0) is 24.6 Å². The number of fused-ring (bicyclic) bond motifs is 1. The van der Waals surface area contributed by atoms with Crippen LogP contribution in [0.25, 0.3) is 10.9 Å². The first-order valence-corrected chi connectivity index (χ1v) is 6.97. The summed E-state index contributed by atoms with van der Waals surface area (Å²) in [6, 6.07) is 10.3. The first kappa shape index (κ1) is 13.3. The van der Waals surface area contributed by atoms with Gasteiger partial charge in [-0.25, -0.2) is 4.98 Å². The third kappa shape index (κ3) is 3.45. The Morgan fingerprint density at radius 1 is 1.28 bits per heavy atom. The van der Waals surface area contributed by atoms with E-state index in [-0.39, 0.29) is 6.61 Å². The zero-order valence-corrected chi connectivity index (χ0v) is 11.2. The maximum absolute atomic E-state index is 8.59. The number of pyridine rings is 1. The Kier molecular flexibility index (Phi) is 4.99. The van der Waals surface area contributed by atoms with E-state index in [2.05, 4.69) is 24.0 Å². The van der Waals surface area contributed by atoms with E-state index in [1.807, 2.05) is 18.2 Å². The largest absolute Gasteiger partial charge is 0.394 e. The normalized spacial score (nSPS) is 11.0. The summed E-state index contributed by atoms with van der Waals surface area (Å²) in [5.74, 6) is 0.852. The molecule has 1 aromatic carbocycles. The summed E-state index contributed by atoms with van der Waals surface area (Å²) in [7, 11) is 0. The Labute approximate surface area is 111 Å². The molecule has 0 radical (unpaired) electrons. The molecule has 1 heterocycles. The van der Waals surface area contributed by atoms with Crippen molar-refractivity contribution in [3.05, 3.63) is 35.9 Å². The summed E-state index contributed by atoms with van der Waals surface area (Å²) in [5, 5.41) is 10.8. The second kappa shape index (κ2) is 6.73. The van der Waals surface area contributed by atoms with Crippen LogP contribution in [0.1, 0.15) is 5.56 Å². The van der Waals surface area contributed by atoms with E-state index in [1.165, 1.54) is 10.9 Å². The Balaban J connectivity index is 2.01. The highest BCUT2D eigenvalue weighted by Crippen LogP contribution is 2.23. The van der Waals surface area contributed by atoms with Crippen LogP contribution in [0.3, 0.4) is 0 Å².